The SMILES string of the molecule is CCc1ccc(CCC(C)CCNC)s1. The molecule has 1 N–H and O–H groups in total. The average Bonchev–Trinajstić information content (AvgIpc) is 2.71. The lowest BCUT2D eigenvalue weighted by Gasteiger charge is -2.09. The third kappa shape index (κ3) is 4.80. The molecule has 0 bridgehead atoms. The third-order valence-electron chi connectivity index (χ3n) is 2.84. The van der Waals surface area contributed by atoms with Gasteiger partial charge in [0.25, 0.3) is 0 Å². The Balaban J connectivity index is 2.24. The summed E-state index contributed by atoms with van der Waals surface area (Å²) in [6.45, 7) is 5.72. The van der Waals surface area contributed by atoms with E-state index in [1.54, 1.807) is 4.88 Å². The second-order valence-electron chi connectivity index (χ2n) is 4.26. The molecule has 1 nitrogen and oxygen atoms in total. The van der Waals surface area contributed by atoms with E-state index in [1.165, 1.54) is 30.6 Å². The molecule has 0 aliphatic heterocycles. The third-order valence-corrected chi connectivity index (χ3v) is 4.13. The number of thiophene rings is 1. The van der Waals surface area contributed by atoms with Gasteiger partial charge in [-0.15, -0.1) is 11.3 Å². The molecule has 0 amide bonds. The molecular weight excluding hydrogens is 202 g/mol. The summed E-state index contributed by atoms with van der Waals surface area (Å²) < 4.78 is 0. The molecule has 0 spiro atoms. The van der Waals surface area contributed by atoms with E-state index in [4.69, 9.17) is 0 Å². The smallest absolute Gasteiger partial charge is 0.00482 e. The molecule has 2 heteroatoms. The van der Waals surface area contributed by atoms with Crippen molar-refractivity contribution in [1.29, 1.82) is 0 Å². The standard InChI is InChI=1S/C13H23NS/c1-4-12-7-8-13(15-12)6-5-11(2)9-10-14-3/h7-8,11,14H,4-6,9-10H2,1-3H3. The van der Waals surface area contributed by atoms with Crippen LogP contribution in [0.2, 0.25) is 0 Å². The van der Waals surface area contributed by atoms with Crippen LogP contribution in [0.5, 0.6) is 0 Å². The molecule has 15 heavy (non-hydrogen) atoms. The Labute approximate surface area is 97.9 Å². The summed E-state index contributed by atoms with van der Waals surface area (Å²) in [6.07, 6.45) is 5.06. The van der Waals surface area contributed by atoms with Crippen LogP contribution in [0.4, 0.5) is 0 Å². The second kappa shape index (κ2) is 7.02. The highest BCUT2D eigenvalue weighted by Gasteiger charge is 2.04. The van der Waals surface area contributed by atoms with Crippen LogP contribution in [-0.4, -0.2) is 13.6 Å². The Morgan fingerprint density at radius 2 is 2.00 bits per heavy atom. The Morgan fingerprint density at radius 1 is 1.27 bits per heavy atom. The molecule has 0 aliphatic carbocycles. The summed E-state index contributed by atoms with van der Waals surface area (Å²) in [4.78, 5) is 3.08. The Bertz CT molecular complexity index is 267. The van der Waals surface area contributed by atoms with E-state index in [1.807, 2.05) is 18.4 Å². The van der Waals surface area contributed by atoms with Crippen LogP contribution in [-0.2, 0) is 12.8 Å². The summed E-state index contributed by atoms with van der Waals surface area (Å²) >= 11 is 1.98. The lowest BCUT2D eigenvalue weighted by molar-refractivity contribution is 0.483. The van der Waals surface area contributed by atoms with Gasteiger partial charge in [-0.05, 0) is 57.3 Å². The minimum Gasteiger partial charge on any atom is -0.320 e. The van der Waals surface area contributed by atoms with Crippen molar-refractivity contribution in [1.82, 2.24) is 5.32 Å². The van der Waals surface area contributed by atoms with Crippen molar-refractivity contribution in [2.24, 2.45) is 5.92 Å². The van der Waals surface area contributed by atoms with Gasteiger partial charge in [-0.1, -0.05) is 13.8 Å². The Hall–Kier alpha value is -0.340. The first-order valence-corrected chi connectivity index (χ1v) is 6.80. The Morgan fingerprint density at radius 3 is 2.60 bits per heavy atom. The van der Waals surface area contributed by atoms with Gasteiger partial charge in [-0.25, -0.2) is 0 Å². The zero-order chi connectivity index (χ0) is 11.1. The van der Waals surface area contributed by atoms with Crippen LogP contribution < -0.4 is 5.32 Å². The molecule has 1 rings (SSSR count). The number of aryl methyl sites for hydroxylation is 2. The zero-order valence-electron chi connectivity index (χ0n) is 10.2. The summed E-state index contributed by atoms with van der Waals surface area (Å²) in [5.41, 5.74) is 0. The molecule has 1 atom stereocenters. The van der Waals surface area contributed by atoms with Gasteiger partial charge in [-0.3, -0.25) is 0 Å². The maximum atomic E-state index is 3.21. The van der Waals surface area contributed by atoms with Gasteiger partial charge in [0.2, 0.25) is 0 Å². The lowest BCUT2D eigenvalue weighted by Crippen LogP contribution is -2.11. The molecule has 0 saturated carbocycles. The van der Waals surface area contributed by atoms with E-state index in [0.717, 1.165) is 12.5 Å². The number of nitrogens with one attached hydrogen (secondary N) is 1. The lowest BCUT2D eigenvalue weighted by atomic mass is 10.0. The van der Waals surface area contributed by atoms with Crippen molar-refractivity contribution in [2.75, 3.05) is 13.6 Å². The van der Waals surface area contributed by atoms with Crippen LogP contribution >= 0.6 is 11.3 Å². The predicted octanol–water partition coefficient (Wildman–Crippen LogP) is 3.49. The van der Waals surface area contributed by atoms with Crippen LogP contribution in [0.3, 0.4) is 0 Å². The van der Waals surface area contributed by atoms with Crippen LogP contribution in [0.25, 0.3) is 0 Å². The molecule has 0 aromatic carbocycles. The molecule has 0 fully saturated rings. The normalized spacial score (nSPS) is 13.0. The summed E-state index contributed by atoms with van der Waals surface area (Å²) in [6, 6.07) is 4.58. The molecule has 1 heterocycles. The first-order chi connectivity index (χ1) is 7.26. The van der Waals surface area contributed by atoms with Crippen molar-refractivity contribution in [3.63, 3.8) is 0 Å². The summed E-state index contributed by atoms with van der Waals surface area (Å²) in [5, 5.41) is 3.21. The van der Waals surface area contributed by atoms with E-state index < -0.39 is 0 Å². The van der Waals surface area contributed by atoms with Gasteiger partial charge in [0.1, 0.15) is 0 Å². The molecule has 1 unspecified atom stereocenters. The van der Waals surface area contributed by atoms with E-state index in [-0.39, 0.29) is 0 Å². The number of hydrogen-bond acceptors (Lipinski definition) is 2. The van der Waals surface area contributed by atoms with Gasteiger partial charge >= 0.3 is 0 Å². The van der Waals surface area contributed by atoms with Gasteiger partial charge in [-0.2, -0.15) is 0 Å². The first kappa shape index (κ1) is 12.7. The van der Waals surface area contributed by atoms with Crippen LogP contribution in [0.1, 0.15) is 36.4 Å². The second-order valence-corrected chi connectivity index (χ2v) is 5.51. The molecule has 1 aromatic heterocycles. The maximum absolute atomic E-state index is 3.21. The Kier molecular flexibility index (Phi) is 5.96. The fourth-order valence-corrected chi connectivity index (χ4v) is 2.64. The van der Waals surface area contributed by atoms with E-state index in [9.17, 15) is 0 Å². The summed E-state index contributed by atoms with van der Waals surface area (Å²) in [7, 11) is 2.03. The molecule has 86 valence electrons. The molecule has 0 aliphatic rings. The van der Waals surface area contributed by atoms with Gasteiger partial charge in [0.15, 0.2) is 0 Å². The highest BCUT2D eigenvalue weighted by atomic mass is 32.1. The monoisotopic (exact) mass is 225 g/mol. The molecule has 1 aromatic rings. The van der Waals surface area contributed by atoms with Crippen LogP contribution in [0, 0.1) is 5.92 Å². The first-order valence-electron chi connectivity index (χ1n) is 5.98. The quantitative estimate of drug-likeness (QED) is 0.749. The zero-order valence-corrected chi connectivity index (χ0v) is 11.0. The van der Waals surface area contributed by atoms with E-state index in [0.29, 0.717) is 0 Å². The van der Waals surface area contributed by atoms with E-state index >= 15 is 0 Å². The van der Waals surface area contributed by atoms with Crippen molar-refractivity contribution in [3.8, 4) is 0 Å². The maximum Gasteiger partial charge on any atom is 0.00482 e. The van der Waals surface area contributed by atoms with E-state index in [2.05, 4.69) is 31.3 Å². The molecular formula is C13H23NS. The van der Waals surface area contributed by atoms with Crippen molar-refractivity contribution >= 4 is 11.3 Å². The highest BCUT2D eigenvalue weighted by Crippen LogP contribution is 2.20. The van der Waals surface area contributed by atoms with Gasteiger partial charge in [0.05, 0.1) is 0 Å². The summed E-state index contributed by atoms with van der Waals surface area (Å²) in [5.74, 6) is 0.838. The average molecular weight is 225 g/mol. The minimum absolute atomic E-state index is 0.838. The molecule has 0 saturated heterocycles. The molecule has 0 radical (unpaired) electrons. The fourth-order valence-electron chi connectivity index (χ4n) is 1.67. The van der Waals surface area contributed by atoms with Crippen molar-refractivity contribution in [2.45, 2.75) is 39.5 Å². The van der Waals surface area contributed by atoms with Crippen molar-refractivity contribution < 1.29 is 0 Å². The number of hydrogen-bond donors (Lipinski definition) is 1. The van der Waals surface area contributed by atoms with Crippen LogP contribution in [0.15, 0.2) is 12.1 Å². The van der Waals surface area contributed by atoms with Gasteiger partial charge in [0, 0.05) is 9.75 Å². The van der Waals surface area contributed by atoms with Gasteiger partial charge < -0.3 is 5.32 Å². The van der Waals surface area contributed by atoms with Crippen molar-refractivity contribution in [3.05, 3.63) is 21.9 Å². The highest BCUT2D eigenvalue weighted by molar-refractivity contribution is 7.11. The topological polar surface area (TPSA) is 12.0 Å². The predicted molar refractivity (Wildman–Crippen MR) is 69.7 cm³/mol. The minimum atomic E-state index is 0.838. The largest absolute Gasteiger partial charge is 0.320 e. The number of rotatable bonds is 7. The fraction of sp³-hybridized carbons (Fsp3) is 0.692.